The molecule has 6 heteroatoms. The lowest BCUT2D eigenvalue weighted by Crippen LogP contribution is -2.39. The Labute approximate surface area is 145 Å². The van der Waals surface area contributed by atoms with Crippen molar-refractivity contribution in [2.45, 2.75) is 19.4 Å². The molecule has 0 saturated carbocycles. The van der Waals surface area contributed by atoms with Crippen LogP contribution in [-0.4, -0.2) is 31.0 Å². The highest BCUT2D eigenvalue weighted by Crippen LogP contribution is 2.22. The highest BCUT2D eigenvalue weighted by Gasteiger charge is 2.31. The molecule has 1 heterocycles. The fraction of sp³-hybridized carbons (Fsp3) is 0.263. The summed E-state index contributed by atoms with van der Waals surface area (Å²) >= 11 is 0. The predicted molar refractivity (Wildman–Crippen MR) is 92.0 cm³/mol. The predicted octanol–water partition coefficient (Wildman–Crippen LogP) is 2.43. The molecule has 1 aliphatic rings. The Kier molecular flexibility index (Phi) is 4.97. The van der Waals surface area contributed by atoms with Crippen LogP contribution in [0.15, 0.2) is 48.5 Å². The minimum atomic E-state index is -0.363. The van der Waals surface area contributed by atoms with Gasteiger partial charge in [0.05, 0.1) is 6.04 Å². The van der Waals surface area contributed by atoms with Crippen LogP contribution in [0, 0.1) is 12.7 Å². The summed E-state index contributed by atoms with van der Waals surface area (Å²) in [4.78, 5) is 25.8. The van der Waals surface area contributed by atoms with E-state index in [0.29, 0.717) is 12.3 Å². The van der Waals surface area contributed by atoms with Crippen LogP contribution in [0.25, 0.3) is 0 Å². The van der Waals surface area contributed by atoms with E-state index in [4.69, 9.17) is 4.74 Å². The van der Waals surface area contributed by atoms with Gasteiger partial charge in [0.25, 0.3) is 5.91 Å². The van der Waals surface area contributed by atoms with Crippen LogP contribution >= 0.6 is 0 Å². The number of hydrogen-bond acceptors (Lipinski definition) is 3. The van der Waals surface area contributed by atoms with Gasteiger partial charge in [-0.3, -0.25) is 9.59 Å². The monoisotopic (exact) mass is 342 g/mol. The molecule has 0 aromatic heterocycles. The topological polar surface area (TPSA) is 58.6 Å². The number of nitrogens with zero attached hydrogens (tertiary/aromatic N) is 1. The van der Waals surface area contributed by atoms with Gasteiger partial charge in [-0.1, -0.05) is 17.7 Å². The second kappa shape index (κ2) is 7.34. The molecule has 5 nitrogen and oxygen atoms in total. The number of rotatable bonds is 5. The molecule has 2 aromatic carbocycles. The third-order valence-corrected chi connectivity index (χ3v) is 4.02. The maximum atomic E-state index is 12.8. The van der Waals surface area contributed by atoms with Crippen molar-refractivity contribution in [3.8, 4) is 5.75 Å². The van der Waals surface area contributed by atoms with Gasteiger partial charge in [-0.05, 0) is 43.3 Å². The quantitative estimate of drug-likeness (QED) is 0.908. The summed E-state index contributed by atoms with van der Waals surface area (Å²) in [5.41, 5.74) is 1.95. The molecule has 1 aliphatic heterocycles. The second-order valence-corrected chi connectivity index (χ2v) is 6.05. The van der Waals surface area contributed by atoms with Gasteiger partial charge >= 0.3 is 0 Å². The van der Waals surface area contributed by atoms with E-state index in [1.807, 2.05) is 31.2 Å². The van der Waals surface area contributed by atoms with Crippen molar-refractivity contribution in [2.75, 3.05) is 18.1 Å². The summed E-state index contributed by atoms with van der Waals surface area (Å²) in [5.74, 6) is -0.278. The van der Waals surface area contributed by atoms with Gasteiger partial charge in [-0.15, -0.1) is 0 Å². The summed E-state index contributed by atoms with van der Waals surface area (Å²) in [5, 5.41) is 2.80. The average molecular weight is 342 g/mol. The van der Waals surface area contributed by atoms with Crippen LogP contribution in [-0.2, 0) is 9.59 Å². The van der Waals surface area contributed by atoms with Crippen LogP contribution < -0.4 is 15.0 Å². The Morgan fingerprint density at radius 2 is 1.88 bits per heavy atom. The van der Waals surface area contributed by atoms with E-state index >= 15 is 0 Å². The number of amides is 2. The molecule has 1 unspecified atom stereocenters. The molecule has 1 saturated heterocycles. The number of hydrogen-bond donors (Lipinski definition) is 1. The molecule has 1 N–H and O–H groups in total. The molecule has 2 amide bonds. The van der Waals surface area contributed by atoms with Gasteiger partial charge < -0.3 is 15.0 Å². The lowest BCUT2D eigenvalue weighted by atomic mass is 10.2. The van der Waals surface area contributed by atoms with E-state index in [2.05, 4.69) is 5.32 Å². The first-order chi connectivity index (χ1) is 12.0. The minimum Gasteiger partial charge on any atom is -0.484 e. The first-order valence-corrected chi connectivity index (χ1v) is 8.06. The SMILES string of the molecule is Cc1ccc(N2CC(NC(=O)COc3ccc(F)cc3)CC2=O)cc1. The smallest absolute Gasteiger partial charge is 0.258 e. The zero-order valence-electron chi connectivity index (χ0n) is 13.9. The minimum absolute atomic E-state index is 0.0198. The highest BCUT2D eigenvalue weighted by atomic mass is 19.1. The summed E-state index contributed by atoms with van der Waals surface area (Å²) in [6, 6.07) is 12.9. The summed E-state index contributed by atoms with van der Waals surface area (Å²) in [6.07, 6.45) is 0.260. The van der Waals surface area contributed by atoms with Gasteiger partial charge in [-0.2, -0.15) is 0 Å². The second-order valence-electron chi connectivity index (χ2n) is 6.05. The molecule has 1 fully saturated rings. The molecule has 130 valence electrons. The van der Waals surface area contributed by atoms with Crippen molar-refractivity contribution >= 4 is 17.5 Å². The third kappa shape index (κ3) is 4.35. The maximum Gasteiger partial charge on any atom is 0.258 e. The third-order valence-electron chi connectivity index (χ3n) is 4.02. The fourth-order valence-electron chi connectivity index (χ4n) is 2.73. The molecule has 0 aliphatic carbocycles. The van der Waals surface area contributed by atoms with Crippen LogP contribution in [0.3, 0.4) is 0 Å². The molecule has 2 aromatic rings. The Morgan fingerprint density at radius 1 is 1.20 bits per heavy atom. The molecular weight excluding hydrogens is 323 g/mol. The van der Waals surface area contributed by atoms with Gasteiger partial charge in [0.2, 0.25) is 5.91 Å². The van der Waals surface area contributed by atoms with Crippen molar-refractivity contribution in [1.29, 1.82) is 0 Å². The normalized spacial score (nSPS) is 16.8. The van der Waals surface area contributed by atoms with Crippen molar-refractivity contribution in [1.82, 2.24) is 5.32 Å². The van der Waals surface area contributed by atoms with Crippen LogP contribution in [0.1, 0.15) is 12.0 Å². The number of ether oxygens (including phenoxy) is 1. The van der Waals surface area contributed by atoms with Crippen molar-refractivity contribution < 1.29 is 18.7 Å². The number of carbonyl (C=O) groups excluding carboxylic acids is 2. The zero-order valence-corrected chi connectivity index (χ0v) is 13.9. The first kappa shape index (κ1) is 17.0. The molecule has 1 atom stereocenters. The molecular formula is C19H19FN2O3. The molecule has 25 heavy (non-hydrogen) atoms. The zero-order chi connectivity index (χ0) is 17.8. The van der Waals surface area contributed by atoms with E-state index in [1.54, 1.807) is 4.90 Å². The Balaban J connectivity index is 1.51. The van der Waals surface area contributed by atoms with Crippen LogP contribution in [0.2, 0.25) is 0 Å². The van der Waals surface area contributed by atoms with Crippen molar-refractivity contribution in [3.63, 3.8) is 0 Å². The van der Waals surface area contributed by atoms with Crippen molar-refractivity contribution in [3.05, 3.63) is 59.9 Å². The number of benzene rings is 2. The van der Waals surface area contributed by atoms with Gasteiger partial charge in [0.15, 0.2) is 6.61 Å². The van der Waals surface area contributed by atoms with Crippen LogP contribution in [0.4, 0.5) is 10.1 Å². The Hall–Kier alpha value is -2.89. The molecule has 0 bridgehead atoms. The maximum absolute atomic E-state index is 12.8. The van der Waals surface area contributed by atoms with Gasteiger partial charge in [0.1, 0.15) is 11.6 Å². The number of nitrogens with one attached hydrogen (secondary N) is 1. The van der Waals surface area contributed by atoms with Crippen LogP contribution in [0.5, 0.6) is 5.75 Å². The Bertz CT molecular complexity index is 759. The van der Waals surface area contributed by atoms with E-state index in [9.17, 15) is 14.0 Å². The van der Waals surface area contributed by atoms with E-state index in [-0.39, 0.29) is 36.7 Å². The lowest BCUT2D eigenvalue weighted by molar-refractivity contribution is -0.123. The van der Waals surface area contributed by atoms with Crippen molar-refractivity contribution in [2.24, 2.45) is 0 Å². The fourth-order valence-corrected chi connectivity index (χ4v) is 2.73. The first-order valence-electron chi connectivity index (χ1n) is 8.06. The lowest BCUT2D eigenvalue weighted by Gasteiger charge is -2.17. The van der Waals surface area contributed by atoms with Gasteiger partial charge in [-0.25, -0.2) is 4.39 Å². The standard InChI is InChI=1S/C19H19FN2O3/c1-13-2-6-16(7-3-13)22-11-15(10-19(22)24)21-18(23)12-25-17-8-4-14(20)5-9-17/h2-9,15H,10-12H2,1H3,(H,21,23). The molecule has 3 rings (SSSR count). The summed E-state index contributed by atoms with van der Waals surface area (Å²) in [6.45, 7) is 2.24. The van der Waals surface area contributed by atoms with E-state index in [0.717, 1.165) is 11.3 Å². The Morgan fingerprint density at radius 3 is 2.56 bits per heavy atom. The number of halogens is 1. The number of anilines is 1. The highest BCUT2D eigenvalue weighted by molar-refractivity contribution is 5.96. The van der Waals surface area contributed by atoms with Gasteiger partial charge in [0, 0.05) is 18.7 Å². The summed E-state index contributed by atoms with van der Waals surface area (Å²) < 4.78 is 18.1. The number of aryl methyl sites for hydroxylation is 1. The van der Waals surface area contributed by atoms with E-state index in [1.165, 1.54) is 24.3 Å². The van der Waals surface area contributed by atoms with E-state index < -0.39 is 0 Å². The molecule has 0 spiro atoms. The largest absolute Gasteiger partial charge is 0.484 e. The summed E-state index contributed by atoms with van der Waals surface area (Å²) in [7, 11) is 0. The number of carbonyl (C=O) groups is 2. The molecule has 0 radical (unpaired) electrons. The average Bonchev–Trinajstić information content (AvgIpc) is 2.95.